The van der Waals surface area contributed by atoms with Crippen molar-refractivity contribution in [3.8, 4) is 0 Å². The van der Waals surface area contributed by atoms with Gasteiger partial charge in [0.25, 0.3) is 0 Å². The molecule has 0 aliphatic rings. The number of ether oxygens (including phenoxy) is 1. The van der Waals surface area contributed by atoms with Crippen molar-refractivity contribution in [2.75, 3.05) is 32.1 Å². The van der Waals surface area contributed by atoms with E-state index in [4.69, 9.17) is 4.74 Å². The van der Waals surface area contributed by atoms with E-state index in [2.05, 4.69) is 29.3 Å². The van der Waals surface area contributed by atoms with Crippen molar-refractivity contribution in [2.24, 2.45) is 0 Å². The Morgan fingerprint density at radius 2 is 2.16 bits per heavy atom. The van der Waals surface area contributed by atoms with Crippen molar-refractivity contribution >= 4 is 11.7 Å². The molecule has 0 aromatic heterocycles. The lowest BCUT2D eigenvalue weighted by Gasteiger charge is -2.32. The summed E-state index contributed by atoms with van der Waals surface area (Å²) in [5, 5.41) is 3.06. The van der Waals surface area contributed by atoms with Crippen molar-refractivity contribution in [1.29, 1.82) is 0 Å². The number of hydrogen-bond acceptors (Lipinski definition) is 4. The van der Waals surface area contributed by atoms with E-state index in [9.17, 15) is 4.79 Å². The van der Waals surface area contributed by atoms with E-state index in [1.165, 1.54) is 5.56 Å². The molecule has 1 aromatic carbocycles. The number of carbonyl (C=O) groups is 1. The molecule has 4 nitrogen and oxygen atoms in total. The molecule has 106 valence electrons. The fourth-order valence-corrected chi connectivity index (χ4v) is 1.97. The van der Waals surface area contributed by atoms with Gasteiger partial charge in [0.2, 0.25) is 0 Å². The standard InChI is InChI=1S/C15H24N2O2/c1-6-19-14(18)15(3,16-4)11-17(5)13-9-7-8-12(2)10-13/h7-10,16H,6,11H2,1-5H3. The van der Waals surface area contributed by atoms with E-state index in [1.54, 1.807) is 7.05 Å². The van der Waals surface area contributed by atoms with Crippen LogP contribution < -0.4 is 10.2 Å². The third-order valence-electron chi connectivity index (χ3n) is 3.27. The van der Waals surface area contributed by atoms with E-state index in [0.29, 0.717) is 13.2 Å². The Bertz CT molecular complexity index is 434. The molecule has 1 aromatic rings. The normalized spacial score (nSPS) is 13.7. The van der Waals surface area contributed by atoms with E-state index < -0.39 is 5.54 Å². The molecule has 0 radical (unpaired) electrons. The summed E-state index contributed by atoms with van der Waals surface area (Å²) in [6, 6.07) is 8.21. The van der Waals surface area contributed by atoms with Crippen LogP contribution in [0.2, 0.25) is 0 Å². The molecule has 19 heavy (non-hydrogen) atoms. The van der Waals surface area contributed by atoms with E-state index >= 15 is 0 Å². The maximum absolute atomic E-state index is 12.0. The van der Waals surface area contributed by atoms with Gasteiger partial charge in [-0.05, 0) is 45.5 Å². The van der Waals surface area contributed by atoms with Crippen LogP contribution in [-0.4, -0.2) is 38.8 Å². The van der Waals surface area contributed by atoms with Gasteiger partial charge in [-0.25, -0.2) is 4.79 Å². The van der Waals surface area contributed by atoms with Crippen LogP contribution in [0.3, 0.4) is 0 Å². The van der Waals surface area contributed by atoms with Crippen molar-refractivity contribution < 1.29 is 9.53 Å². The Labute approximate surface area is 115 Å². The molecule has 0 bridgehead atoms. The number of anilines is 1. The molecule has 1 unspecified atom stereocenters. The predicted molar refractivity (Wildman–Crippen MR) is 78.5 cm³/mol. The van der Waals surface area contributed by atoms with Crippen molar-refractivity contribution in [2.45, 2.75) is 26.3 Å². The fourth-order valence-electron chi connectivity index (χ4n) is 1.97. The first kappa shape index (κ1) is 15.5. The molecule has 1 rings (SSSR count). The SMILES string of the molecule is CCOC(=O)C(C)(CN(C)c1cccc(C)c1)NC. The molecule has 0 heterocycles. The number of hydrogen-bond donors (Lipinski definition) is 1. The number of likely N-dealkylation sites (N-methyl/N-ethyl adjacent to an activating group) is 2. The lowest BCUT2D eigenvalue weighted by atomic mass is 10.0. The molecule has 0 spiro atoms. The van der Waals surface area contributed by atoms with Gasteiger partial charge < -0.3 is 15.0 Å². The van der Waals surface area contributed by atoms with E-state index in [-0.39, 0.29) is 5.97 Å². The molecule has 0 aliphatic heterocycles. The van der Waals surface area contributed by atoms with Gasteiger partial charge in [0.15, 0.2) is 0 Å². The Morgan fingerprint density at radius 1 is 1.47 bits per heavy atom. The number of benzene rings is 1. The topological polar surface area (TPSA) is 41.6 Å². The number of esters is 1. The van der Waals surface area contributed by atoms with Gasteiger partial charge in [0, 0.05) is 19.3 Å². The summed E-state index contributed by atoms with van der Waals surface area (Å²) in [6.07, 6.45) is 0. The van der Waals surface area contributed by atoms with E-state index in [1.807, 2.05) is 33.0 Å². The Hall–Kier alpha value is -1.55. The highest BCUT2D eigenvalue weighted by molar-refractivity contribution is 5.81. The molecule has 0 saturated carbocycles. The van der Waals surface area contributed by atoms with Crippen LogP contribution in [-0.2, 0) is 9.53 Å². The summed E-state index contributed by atoms with van der Waals surface area (Å²) in [4.78, 5) is 14.1. The second-order valence-corrected chi connectivity index (χ2v) is 5.00. The maximum atomic E-state index is 12.0. The fraction of sp³-hybridized carbons (Fsp3) is 0.533. The van der Waals surface area contributed by atoms with Crippen molar-refractivity contribution in [3.05, 3.63) is 29.8 Å². The summed E-state index contributed by atoms with van der Waals surface area (Å²) in [5.74, 6) is -0.225. The van der Waals surface area contributed by atoms with E-state index in [0.717, 1.165) is 5.69 Å². The highest BCUT2D eigenvalue weighted by Gasteiger charge is 2.34. The minimum Gasteiger partial charge on any atom is -0.465 e. The first-order chi connectivity index (χ1) is 8.92. The maximum Gasteiger partial charge on any atom is 0.327 e. The minimum atomic E-state index is -0.714. The number of nitrogens with zero attached hydrogens (tertiary/aromatic N) is 1. The Kier molecular flexibility index (Phi) is 5.36. The first-order valence-electron chi connectivity index (χ1n) is 6.57. The predicted octanol–water partition coefficient (Wildman–Crippen LogP) is 1.97. The number of aryl methyl sites for hydroxylation is 1. The zero-order valence-corrected chi connectivity index (χ0v) is 12.5. The highest BCUT2D eigenvalue weighted by atomic mass is 16.5. The number of rotatable bonds is 6. The largest absolute Gasteiger partial charge is 0.465 e. The molecule has 0 fully saturated rings. The van der Waals surface area contributed by atoms with Gasteiger partial charge in [0.05, 0.1) is 6.61 Å². The summed E-state index contributed by atoms with van der Waals surface area (Å²) >= 11 is 0. The van der Waals surface area contributed by atoms with Gasteiger partial charge in [-0.1, -0.05) is 12.1 Å². The average Bonchev–Trinajstić information content (AvgIpc) is 2.38. The lowest BCUT2D eigenvalue weighted by molar-refractivity contribution is -0.149. The molecule has 0 aliphatic carbocycles. The van der Waals surface area contributed by atoms with Crippen LogP contribution >= 0.6 is 0 Å². The molecule has 1 atom stereocenters. The van der Waals surface area contributed by atoms with Crippen LogP contribution in [0, 0.1) is 6.92 Å². The van der Waals surface area contributed by atoms with Crippen molar-refractivity contribution in [1.82, 2.24) is 5.32 Å². The molecular weight excluding hydrogens is 240 g/mol. The summed E-state index contributed by atoms with van der Waals surface area (Å²) in [5.41, 5.74) is 1.58. The Balaban J connectivity index is 2.83. The highest BCUT2D eigenvalue weighted by Crippen LogP contribution is 2.17. The molecule has 0 saturated heterocycles. The Morgan fingerprint density at radius 3 is 2.68 bits per heavy atom. The average molecular weight is 264 g/mol. The van der Waals surface area contributed by atoms with Gasteiger partial charge in [-0.2, -0.15) is 0 Å². The van der Waals surface area contributed by atoms with Gasteiger partial charge in [-0.15, -0.1) is 0 Å². The second kappa shape index (κ2) is 6.57. The lowest BCUT2D eigenvalue weighted by Crippen LogP contribution is -2.55. The zero-order valence-electron chi connectivity index (χ0n) is 12.5. The van der Waals surface area contributed by atoms with Crippen LogP contribution in [0.1, 0.15) is 19.4 Å². The van der Waals surface area contributed by atoms with Crippen LogP contribution in [0.4, 0.5) is 5.69 Å². The smallest absolute Gasteiger partial charge is 0.327 e. The molecular formula is C15H24N2O2. The third kappa shape index (κ3) is 3.96. The number of nitrogens with one attached hydrogen (secondary N) is 1. The van der Waals surface area contributed by atoms with Gasteiger partial charge in [0.1, 0.15) is 5.54 Å². The summed E-state index contributed by atoms with van der Waals surface area (Å²) in [7, 11) is 3.75. The first-order valence-corrected chi connectivity index (χ1v) is 6.57. The van der Waals surface area contributed by atoms with Gasteiger partial charge >= 0.3 is 5.97 Å². The van der Waals surface area contributed by atoms with Crippen LogP contribution in [0.5, 0.6) is 0 Å². The molecule has 0 amide bonds. The third-order valence-corrected chi connectivity index (χ3v) is 3.27. The van der Waals surface area contributed by atoms with Crippen LogP contribution in [0.15, 0.2) is 24.3 Å². The zero-order chi connectivity index (χ0) is 14.5. The van der Waals surface area contributed by atoms with Gasteiger partial charge in [-0.3, -0.25) is 0 Å². The quantitative estimate of drug-likeness (QED) is 0.798. The minimum absolute atomic E-state index is 0.225. The summed E-state index contributed by atoms with van der Waals surface area (Å²) < 4.78 is 5.13. The summed E-state index contributed by atoms with van der Waals surface area (Å²) in [6.45, 7) is 6.67. The van der Waals surface area contributed by atoms with Crippen molar-refractivity contribution in [3.63, 3.8) is 0 Å². The second-order valence-electron chi connectivity index (χ2n) is 5.00. The molecule has 1 N–H and O–H groups in total. The molecule has 4 heteroatoms. The monoisotopic (exact) mass is 264 g/mol. The van der Waals surface area contributed by atoms with Crippen LogP contribution in [0.25, 0.3) is 0 Å². The number of carbonyl (C=O) groups excluding carboxylic acids is 1.